The summed E-state index contributed by atoms with van der Waals surface area (Å²) in [5, 5.41) is 12.6. The molecule has 2 aliphatic rings. The Hall–Kier alpha value is -4.01. The Morgan fingerprint density at radius 2 is 1.62 bits per heavy atom. The van der Waals surface area contributed by atoms with Gasteiger partial charge < -0.3 is 25.0 Å². The zero-order valence-electron chi connectivity index (χ0n) is 26.5. The number of amides is 4. The first-order valence-electron chi connectivity index (χ1n) is 15.3. The van der Waals surface area contributed by atoms with Crippen LogP contribution in [-0.2, 0) is 27.1 Å². The van der Waals surface area contributed by atoms with Gasteiger partial charge in [0.25, 0.3) is 11.5 Å². The minimum absolute atomic E-state index is 0.0566. The molecule has 0 bridgehead atoms. The average Bonchev–Trinajstić information content (AvgIpc) is 3.13. The highest BCUT2D eigenvalue weighted by atomic mass is 19.4. The lowest BCUT2D eigenvalue weighted by Crippen LogP contribution is -2.54. The van der Waals surface area contributed by atoms with Crippen LogP contribution in [0.3, 0.4) is 0 Å². The number of carbonyl (C=O) groups excluding carboxylic acids is 3. The van der Waals surface area contributed by atoms with Gasteiger partial charge in [-0.15, -0.1) is 0 Å². The summed E-state index contributed by atoms with van der Waals surface area (Å²) in [6, 6.07) is 8.47. The molecule has 1 unspecified atom stereocenters. The second-order valence-electron chi connectivity index (χ2n) is 12.2. The summed E-state index contributed by atoms with van der Waals surface area (Å²) in [7, 11) is 0. The Morgan fingerprint density at radius 1 is 0.979 bits per heavy atom. The van der Waals surface area contributed by atoms with Gasteiger partial charge in [-0.05, 0) is 62.9 Å². The topological polar surface area (TPSA) is 102 Å². The van der Waals surface area contributed by atoms with Gasteiger partial charge in [-0.25, -0.2) is 4.79 Å². The monoisotopic (exact) mass is 672 g/mol. The van der Waals surface area contributed by atoms with E-state index in [9.17, 15) is 45.8 Å². The fraction of sp³-hybridized carbons (Fsp3) is 0.531. The Balaban J connectivity index is 1.47. The van der Waals surface area contributed by atoms with Gasteiger partial charge in [0, 0.05) is 37.4 Å². The molecule has 0 radical (unpaired) electrons. The number of hydrogen-bond acceptors (Lipinski definition) is 6. The molecule has 4 amide bonds. The molecule has 2 saturated heterocycles. The third-order valence-corrected chi connectivity index (χ3v) is 8.40. The number of rotatable bonds is 9. The van der Waals surface area contributed by atoms with Crippen molar-refractivity contribution < 1.29 is 50.6 Å². The molecule has 2 aliphatic heterocycles. The van der Waals surface area contributed by atoms with Crippen molar-refractivity contribution in [3.05, 3.63) is 59.2 Å². The summed E-state index contributed by atoms with van der Waals surface area (Å²) in [6.07, 6.45) is -11.1. The van der Waals surface area contributed by atoms with Crippen molar-refractivity contribution >= 4 is 23.5 Å². The molecular weight excluding hydrogens is 634 g/mol. The first kappa shape index (κ1) is 35.8. The zero-order valence-corrected chi connectivity index (χ0v) is 26.5. The second kappa shape index (κ2) is 13.2. The molecule has 2 fully saturated rings. The van der Waals surface area contributed by atoms with Crippen molar-refractivity contribution in [3.63, 3.8) is 0 Å². The van der Waals surface area contributed by atoms with Gasteiger partial charge >= 0.3 is 18.4 Å². The molecule has 47 heavy (non-hydrogen) atoms. The number of hydrogen-bond donors (Lipinski definition) is 2. The van der Waals surface area contributed by atoms with E-state index in [1.165, 1.54) is 4.90 Å². The van der Waals surface area contributed by atoms with E-state index in [1.54, 1.807) is 43.0 Å². The fourth-order valence-corrected chi connectivity index (χ4v) is 5.89. The minimum Gasteiger partial charge on any atom is -0.491 e. The Bertz CT molecular complexity index is 1470. The molecule has 0 spiro atoms. The molecule has 15 heteroatoms. The van der Waals surface area contributed by atoms with E-state index < -0.39 is 53.4 Å². The number of alkyl halides is 6. The van der Waals surface area contributed by atoms with E-state index in [4.69, 9.17) is 4.74 Å². The lowest BCUT2D eigenvalue weighted by Gasteiger charge is -2.34. The summed E-state index contributed by atoms with van der Waals surface area (Å²) in [6.45, 7) is 7.38. The Morgan fingerprint density at radius 3 is 2.19 bits per heavy atom. The van der Waals surface area contributed by atoms with Crippen molar-refractivity contribution in [1.29, 1.82) is 0 Å². The van der Waals surface area contributed by atoms with E-state index >= 15 is 0 Å². The lowest BCUT2D eigenvalue weighted by atomic mass is 9.89. The first-order chi connectivity index (χ1) is 21.8. The summed E-state index contributed by atoms with van der Waals surface area (Å²) in [5.74, 6) is -0.509. The summed E-state index contributed by atoms with van der Waals surface area (Å²) in [4.78, 5) is 43.7. The van der Waals surface area contributed by atoms with Gasteiger partial charge in [0.2, 0.25) is 5.91 Å². The quantitative estimate of drug-likeness (QED) is 0.279. The molecule has 0 aromatic heterocycles. The van der Waals surface area contributed by atoms with Crippen LogP contribution < -0.4 is 15.0 Å². The van der Waals surface area contributed by atoms with E-state index in [1.807, 2.05) is 13.8 Å². The maximum atomic E-state index is 13.5. The van der Waals surface area contributed by atoms with Crippen LogP contribution in [0.4, 0.5) is 36.8 Å². The smallest absolute Gasteiger partial charge is 0.430 e. The van der Waals surface area contributed by atoms with Crippen LogP contribution in [0, 0.1) is 0 Å². The van der Waals surface area contributed by atoms with Crippen LogP contribution in [0.15, 0.2) is 42.5 Å². The third-order valence-electron chi connectivity index (χ3n) is 8.40. The van der Waals surface area contributed by atoms with Gasteiger partial charge in [0.1, 0.15) is 17.8 Å². The first-order valence-corrected chi connectivity index (χ1v) is 15.3. The van der Waals surface area contributed by atoms with Gasteiger partial charge in [-0.2, -0.15) is 26.3 Å². The second-order valence-corrected chi connectivity index (χ2v) is 12.2. The molecular formula is C32H38F6N4O5. The minimum atomic E-state index is -6.00. The molecule has 0 saturated carbocycles. The molecule has 2 aromatic carbocycles. The van der Waals surface area contributed by atoms with Gasteiger partial charge in [-0.3, -0.25) is 14.5 Å². The number of aliphatic hydroxyl groups is 1. The normalized spacial score (nSPS) is 19.7. The fourth-order valence-electron chi connectivity index (χ4n) is 5.89. The van der Waals surface area contributed by atoms with E-state index in [2.05, 4.69) is 5.32 Å². The Kier molecular flexibility index (Phi) is 10.1. The number of imide groups is 1. The number of benzene rings is 2. The third kappa shape index (κ3) is 6.99. The SMILES string of the molecule is CCCc1cc(C(O)(C(F)(F)F)C(F)(F)F)ccc1N1CCCN(C(=O)CN2C(=O)NC(C)(c3ccc(OC(C)C)cc3)C2=O)CC1. The number of ether oxygens (including phenoxy) is 1. The van der Waals surface area contributed by atoms with Gasteiger partial charge in [0.05, 0.1) is 6.10 Å². The number of nitrogens with zero attached hydrogens (tertiary/aromatic N) is 3. The molecule has 258 valence electrons. The molecule has 2 heterocycles. The van der Waals surface area contributed by atoms with Crippen molar-refractivity contribution in [2.24, 2.45) is 0 Å². The molecule has 1 atom stereocenters. The molecule has 0 aliphatic carbocycles. The van der Waals surface area contributed by atoms with Gasteiger partial charge in [-0.1, -0.05) is 37.6 Å². The van der Waals surface area contributed by atoms with Crippen molar-refractivity contribution in [2.45, 2.75) is 76.6 Å². The van der Waals surface area contributed by atoms with E-state index in [-0.39, 0.29) is 37.7 Å². The van der Waals surface area contributed by atoms with Crippen LogP contribution in [0.1, 0.15) is 57.2 Å². The Labute approximate surface area is 268 Å². The maximum Gasteiger partial charge on any atom is 0.430 e. The highest BCUT2D eigenvalue weighted by Gasteiger charge is 2.71. The summed E-state index contributed by atoms with van der Waals surface area (Å²) < 4.78 is 86.8. The molecule has 2 N–H and O–H groups in total. The number of carbonyl (C=O) groups is 3. The number of halogens is 6. The van der Waals surface area contributed by atoms with Gasteiger partial charge in [0.15, 0.2) is 0 Å². The number of anilines is 1. The highest BCUT2D eigenvalue weighted by Crippen LogP contribution is 2.50. The number of urea groups is 1. The maximum absolute atomic E-state index is 13.5. The summed E-state index contributed by atoms with van der Waals surface area (Å²) in [5.41, 5.74) is -6.67. The standard InChI is InChI=1S/C32H38F6N4O5/c1-5-7-21-18-23(30(46,31(33,34)35)32(36,37)38)10-13-25(21)40-14-6-15-41(17-16-40)26(43)19-42-27(44)29(4,39-28(42)45)22-8-11-24(12-9-22)47-20(2)3/h8-13,18,20,46H,5-7,14-17,19H2,1-4H3,(H,39,45). The van der Waals surface area contributed by atoms with Crippen molar-refractivity contribution in [2.75, 3.05) is 37.6 Å². The summed E-state index contributed by atoms with van der Waals surface area (Å²) >= 11 is 0. The van der Waals surface area contributed by atoms with Crippen molar-refractivity contribution in [1.82, 2.24) is 15.1 Å². The van der Waals surface area contributed by atoms with Crippen LogP contribution in [0.25, 0.3) is 0 Å². The highest BCUT2D eigenvalue weighted by molar-refractivity contribution is 6.09. The average molecular weight is 673 g/mol. The lowest BCUT2D eigenvalue weighted by molar-refractivity contribution is -0.376. The molecule has 2 aromatic rings. The van der Waals surface area contributed by atoms with E-state index in [0.717, 1.165) is 17.0 Å². The van der Waals surface area contributed by atoms with Crippen molar-refractivity contribution in [3.8, 4) is 5.75 Å². The van der Waals surface area contributed by atoms with Crippen LogP contribution in [0.5, 0.6) is 5.75 Å². The molecule has 4 rings (SSSR count). The van der Waals surface area contributed by atoms with E-state index in [0.29, 0.717) is 42.5 Å². The van der Waals surface area contributed by atoms with Crippen LogP contribution >= 0.6 is 0 Å². The van der Waals surface area contributed by atoms with Crippen LogP contribution in [0.2, 0.25) is 0 Å². The predicted octanol–water partition coefficient (Wildman–Crippen LogP) is 5.24. The number of nitrogens with one attached hydrogen (secondary N) is 1. The number of aryl methyl sites for hydroxylation is 1. The molecule has 9 nitrogen and oxygen atoms in total. The van der Waals surface area contributed by atoms with Crippen LogP contribution in [-0.4, -0.2) is 83.9 Å². The predicted molar refractivity (Wildman–Crippen MR) is 160 cm³/mol. The zero-order chi connectivity index (χ0) is 34.9. The largest absolute Gasteiger partial charge is 0.491 e.